The maximum Gasteiger partial charge on any atom is 0.186 e. The smallest absolute Gasteiger partial charge is 0.186 e. The molecule has 0 saturated heterocycles. The minimum absolute atomic E-state index is 0.790. The monoisotopic (exact) mass is 275 g/mol. The standard InChI is InChI=1S/C13H13N3S2/c1-16(8-10-3-2-6-17-10)13-15-11-5-4-9(14)7-12(11)18-13/h2-7H,8,14H2,1H3. The molecule has 2 heterocycles. The lowest BCUT2D eigenvalue weighted by molar-refractivity contribution is 0.934. The summed E-state index contributed by atoms with van der Waals surface area (Å²) < 4.78 is 1.14. The molecule has 18 heavy (non-hydrogen) atoms. The van der Waals surface area contributed by atoms with Crippen LogP contribution < -0.4 is 10.6 Å². The molecule has 0 bridgehead atoms. The summed E-state index contributed by atoms with van der Waals surface area (Å²) in [5.41, 5.74) is 7.59. The zero-order valence-electron chi connectivity index (χ0n) is 9.96. The highest BCUT2D eigenvalue weighted by atomic mass is 32.1. The molecular formula is C13H13N3S2. The van der Waals surface area contributed by atoms with Crippen LogP contribution in [0.3, 0.4) is 0 Å². The van der Waals surface area contributed by atoms with Crippen LogP contribution in [0.5, 0.6) is 0 Å². The molecule has 2 N–H and O–H groups in total. The molecule has 0 amide bonds. The van der Waals surface area contributed by atoms with Crippen LogP contribution >= 0.6 is 22.7 Å². The third-order valence-corrected chi connectivity index (χ3v) is 4.69. The van der Waals surface area contributed by atoms with Gasteiger partial charge in [-0.1, -0.05) is 17.4 Å². The molecule has 0 radical (unpaired) electrons. The summed E-state index contributed by atoms with van der Waals surface area (Å²) in [6.45, 7) is 0.896. The number of hydrogen-bond acceptors (Lipinski definition) is 5. The predicted octanol–water partition coefficient (Wildman–Crippen LogP) is 3.58. The quantitative estimate of drug-likeness (QED) is 0.743. The predicted molar refractivity (Wildman–Crippen MR) is 80.5 cm³/mol. The Hall–Kier alpha value is -1.59. The van der Waals surface area contributed by atoms with Gasteiger partial charge in [0.2, 0.25) is 0 Å². The van der Waals surface area contributed by atoms with Crippen LogP contribution in [0.1, 0.15) is 4.88 Å². The van der Waals surface area contributed by atoms with Gasteiger partial charge in [0.25, 0.3) is 0 Å². The van der Waals surface area contributed by atoms with Gasteiger partial charge >= 0.3 is 0 Å². The highest BCUT2D eigenvalue weighted by Gasteiger charge is 2.09. The Morgan fingerprint density at radius 3 is 3.00 bits per heavy atom. The highest BCUT2D eigenvalue weighted by molar-refractivity contribution is 7.22. The van der Waals surface area contributed by atoms with Crippen molar-refractivity contribution >= 4 is 43.7 Å². The van der Waals surface area contributed by atoms with Crippen molar-refractivity contribution in [3.63, 3.8) is 0 Å². The van der Waals surface area contributed by atoms with Gasteiger partial charge in [0, 0.05) is 17.6 Å². The van der Waals surface area contributed by atoms with E-state index in [0.29, 0.717) is 0 Å². The first-order valence-corrected chi connectivity index (χ1v) is 7.31. The molecule has 0 atom stereocenters. The van der Waals surface area contributed by atoms with Crippen molar-refractivity contribution in [1.29, 1.82) is 0 Å². The van der Waals surface area contributed by atoms with Crippen molar-refractivity contribution in [3.8, 4) is 0 Å². The zero-order chi connectivity index (χ0) is 12.5. The molecule has 0 saturated carbocycles. The topological polar surface area (TPSA) is 42.2 Å². The summed E-state index contributed by atoms with van der Waals surface area (Å²) in [6, 6.07) is 10.1. The first-order valence-electron chi connectivity index (χ1n) is 5.62. The van der Waals surface area contributed by atoms with E-state index in [4.69, 9.17) is 5.73 Å². The number of benzene rings is 1. The summed E-state index contributed by atoms with van der Waals surface area (Å²) >= 11 is 3.45. The van der Waals surface area contributed by atoms with Crippen LogP contribution in [0.2, 0.25) is 0 Å². The van der Waals surface area contributed by atoms with E-state index in [2.05, 4.69) is 34.4 Å². The minimum atomic E-state index is 0.790. The van der Waals surface area contributed by atoms with E-state index in [1.165, 1.54) is 4.88 Å². The first kappa shape index (κ1) is 11.5. The van der Waals surface area contributed by atoms with Crippen LogP contribution in [0.15, 0.2) is 35.7 Å². The van der Waals surface area contributed by atoms with E-state index < -0.39 is 0 Å². The molecule has 92 valence electrons. The van der Waals surface area contributed by atoms with Gasteiger partial charge in [-0.15, -0.1) is 11.3 Å². The van der Waals surface area contributed by atoms with Crippen LogP contribution in [0.4, 0.5) is 10.8 Å². The highest BCUT2D eigenvalue weighted by Crippen LogP contribution is 2.30. The van der Waals surface area contributed by atoms with Gasteiger partial charge in [-0.3, -0.25) is 0 Å². The number of thiazole rings is 1. The average Bonchev–Trinajstić information content (AvgIpc) is 2.96. The largest absolute Gasteiger partial charge is 0.399 e. The molecule has 0 aliphatic heterocycles. The van der Waals surface area contributed by atoms with E-state index in [1.807, 2.05) is 18.2 Å². The summed E-state index contributed by atoms with van der Waals surface area (Å²) in [7, 11) is 2.07. The summed E-state index contributed by atoms with van der Waals surface area (Å²) in [5, 5.41) is 3.13. The first-order chi connectivity index (χ1) is 8.72. The normalized spacial score (nSPS) is 10.9. The van der Waals surface area contributed by atoms with Gasteiger partial charge in [0.15, 0.2) is 5.13 Å². The van der Waals surface area contributed by atoms with Crippen molar-refractivity contribution < 1.29 is 0 Å². The van der Waals surface area contributed by atoms with Gasteiger partial charge < -0.3 is 10.6 Å². The Balaban J connectivity index is 1.89. The number of nitrogens with two attached hydrogens (primary N) is 1. The third-order valence-electron chi connectivity index (χ3n) is 2.70. The molecule has 3 aromatic rings. The number of hydrogen-bond donors (Lipinski definition) is 1. The fourth-order valence-corrected chi connectivity index (χ4v) is 3.53. The van der Waals surface area contributed by atoms with Crippen molar-refractivity contribution in [2.45, 2.75) is 6.54 Å². The molecular weight excluding hydrogens is 262 g/mol. The van der Waals surface area contributed by atoms with Crippen molar-refractivity contribution in [3.05, 3.63) is 40.6 Å². The molecule has 3 rings (SSSR count). The minimum Gasteiger partial charge on any atom is -0.399 e. The zero-order valence-corrected chi connectivity index (χ0v) is 11.6. The summed E-state index contributed by atoms with van der Waals surface area (Å²) in [5.74, 6) is 0. The fraction of sp³-hybridized carbons (Fsp3) is 0.154. The number of nitrogen functional groups attached to an aromatic ring is 1. The van der Waals surface area contributed by atoms with Gasteiger partial charge in [0.05, 0.1) is 16.8 Å². The van der Waals surface area contributed by atoms with Gasteiger partial charge in [-0.2, -0.15) is 0 Å². The van der Waals surface area contributed by atoms with Crippen LogP contribution in [0.25, 0.3) is 10.2 Å². The fourth-order valence-electron chi connectivity index (χ4n) is 1.80. The number of aromatic nitrogens is 1. The van der Waals surface area contributed by atoms with Crippen LogP contribution in [-0.2, 0) is 6.54 Å². The van der Waals surface area contributed by atoms with E-state index >= 15 is 0 Å². The molecule has 0 unspecified atom stereocenters. The lowest BCUT2D eigenvalue weighted by Crippen LogP contribution is -2.14. The van der Waals surface area contributed by atoms with E-state index in [0.717, 1.165) is 27.6 Å². The van der Waals surface area contributed by atoms with E-state index in [-0.39, 0.29) is 0 Å². The van der Waals surface area contributed by atoms with Crippen molar-refractivity contribution in [2.75, 3.05) is 17.7 Å². The van der Waals surface area contributed by atoms with Crippen molar-refractivity contribution in [1.82, 2.24) is 4.98 Å². The second-order valence-corrected chi connectivity index (χ2v) is 6.20. The number of anilines is 2. The van der Waals surface area contributed by atoms with Gasteiger partial charge in [-0.05, 0) is 29.6 Å². The van der Waals surface area contributed by atoms with Gasteiger partial charge in [-0.25, -0.2) is 4.98 Å². The van der Waals surface area contributed by atoms with E-state index in [9.17, 15) is 0 Å². The average molecular weight is 275 g/mol. The molecule has 5 heteroatoms. The van der Waals surface area contributed by atoms with Crippen LogP contribution in [0, 0.1) is 0 Å². The van der Waals surface area contributed by atoms with Crippen molar-refractivity contribution in [2.24, 2.45) is 0 Å². The number of fused-ring (bicyclic) bond motifs is 1. The second-order valence-electron chi connectivity index (χ2n) is 4.16. The Bertz CT molecular complexity index is 658. The number of thiophene rings is 1. The summed E-state index contributed by atoms with van der Waals surface area (Å²) in [4.78, 5) is 8.14. The molecule has 0 aliphatic carbocycles. The molecule has 1 aromatic carbocycles. The molecule has 0 spiro atoms. The number of nitrogens with zero attached hydrogens (tertiary/aromatic N) is 2. The lowest BCUT2D eigenvalue weighted by atomic mass is 10.3. The molecule has 0 aliphatic rings. The maximum atomic E-state index is 5.79. The number of rotatable bonds is 3. The maximum absolute atomic E-state index is 5.79. The summed E-state index contributed by atoms with van der Waals surface area (Å²) in [6.07, 6.45) is 0. The van der Waals surface area contributed by atoms with Gasteiger partial charge in [0.1, 0.15) is 0 Å². The molecule has 0 fully saturated rings. The third kappa shape index (κ3) is 2.19. The SMILES string of the molecule is CN(Cc1cccs1)c1nc2ccc(N)cc2s1. The van der Waals surface area contributed by atoms with E-state index in [1.54, 1.807) is 22.7 Å². The van der Waals surface area contributed by atoms with Crippen LogP contribution in [-0.4, -0.2) is 12.0 Å². The second kappa shape index (κ2) is 4.59. The Kier molecular flexibility index (Phi) is 2.93. The Labute approximate surface area is 114 Å². The molecule has 2 aromatic heterocycles. The molecule has 3 nitrogen and oxygen atoms in total. The Morgan fingerprint density at radius 2 is 2.22 bits per heavy atom. The Morgan fingerprint density at radius 1 is 1.33 bits per heavy atom. The lowest BCUT2D eigenvalue weighted by Gasteiger charge is -2.13.